The first-order valence-corrected chi connectivity index (χ1v) is 5.06. The zero-order valence-corrected chi connectivity index (χ0v) is 9.46. The molecule has 1 atom stereocenters. The molecule has 1 saturated heterocycles. The van der Waals surface area contributed by atoms with Gasteiger partial charge in [-0.15, -0.1) is 0 Å². The molecule has 4 heteroatoms. The van der Waals surface area contributed by atoms with Crippen molar-refractivity contribution in [3.8, 4) is 0 Å². The Kier molecular flexibility index (Phi) is 3.50. The molecule has 1 fully saturated rings. The maximum Gasteiger partial charge on any atom is 0.254 e. The Balaban J connectivity index is 2.67. The monoisotopic (exact) mass is 200 g/mol. The van der Waals surface area contributed by atoms with Gasteiger partial charge in [0.15, 0.2) is 0 Å². The number of hydrogen-bond donors (Lipinski definition) is 1. The number of carbonyl (C=O) groups excluding carboxylic acids is 1. The Morgan fingerprint density at radius 2 is 2.21 bits per heavy atom. The second-order valence-electron chi connectivity index (χ2n) is 4.27. The van der Waals surface area contributed by atoms with Gasteiger partial charge in [0.25, 0.3) is 5.91 Å². The number of hydrogen-bond acceptors (Lipinski definition) is 3. The van der Waals surface area contributed by atoms with E-state index in [-0.39, 0.29) is 11.9 Å². The van der Waals surface area contributed by atoms with E-state index in [0.29, 0.717) is 0 Å². The minimum Gasteiger partial charge on any atom is -0.369 e. The third-order valence-corrected chi connectivity index (χ3v) is 2.79. The van der Waals surface area contributed by atoms with Gasteiger partial charge in [-0.1, -0.05) is 0 Å². The molecule has 0 aromatic carbocycles. The highest BCUT2D eigenvalue weighted by atomic mass is 16.5. The lowest BCUT2D eigenvalue weighted by atomic mass is 10.1. The Morgan fingerprint density at radius 1 is 1.57 bits per heavy atom. The number of methoxy groups -OCH3 is 1. The zero-order valence-electron chi connectivity index (χ0n) is 9.46. The number of rotatable bonds is 2. The zero-order chi connectivity index (χ0) is 10.8. The Labute approximate surface area is 85.6 Å². The van der Waals surface area contributed by atoms with Crippen LogP contribution in [0.25, 0.3) is 0 Å². The molecule has 1 aliphatic rings. The largest absolute Gasteiger partial charge is 0.369 e. The first-order chi connectivity index (χ1) is 6.49. The molecule has 0 saturated carbocycles. The van der Waals surface area contributed by atoms with Gasteiger partial charge < -0.3 is 15.0 Å². The molecular formula is C10H20N2O2. The molecule has 0 unspecified atom stereocenters. The predicted octanol–water partition coefficient (Wildman–Crippen LogP) is 0.232. The molecule has 1 N–H and O–H groups in total. The average molecular weight is 200 g/mol. The van der Waals surface area contributed by atoms with Crippen LogP contribution in [0.15, 0.2) is 0 Å². The van der Waals surface area contributed by atoms with Crippen LogP contribution in [0.4, 0.5) is 0 Å². The maximum absolute atomic E-state index is 12.0. The summed E-state index contributed by atoms with van der Waals surface area (Å²) in [6.07, 6.45) is 0. The lowest BCUT2D eigenvalue weighted by molar-refractivity contribution is -0.153. The fourth-order valence-electron chi connectivity index (χ4n) is 1.58. The van der Waals surface area contributed by atoms with Crippen LogP contribution < -0.4 is 5.32 Å². The molecule has 1 amide bonds. The fraction of sp³-hybridized carbons (Fsp3) is 0.900. The quantitative estimate of drug-likeness (QED) is 0.694. The van der Waals surface area contributed by atoms with E-state index in [1.54, 1.807) is 7.11 Å². The van der Waals surface area contributed by atoms with Crippen LogP contribution in [0.2, 0.25) is 0 Å². The first kappa shape index (κ1) is 11.5. The van der Waals surface area contributed by atoms with Crippen molar-refractivity contribution in [1.29, 1.82) is 0 Å². The molecule has 82 valence electrons. The number of nitrogens with one attached hydrogen (secondary N) is 1. The van der Waals surface area contributed by atoms with Crippen LogP contribution in [0.5, 0.6) is 0 Å². The fourth-order valence-corrected chi connectivity index (χ4v) is 1.58. The van der Waals surface area contributed by atoms with Crippen molar-refractivity contribution in [2.75, 3.05) is 26.7 Å². The number of carbonyl (C=O) groups is 1. The Hall–Kier alpha value is -0.610. The van der Waals surface area contributed by atoms with E-state index in [1.807, 2.05) is 18.7 Å². The van der Waals surface area contributed by atoms with Crippen LogP contribution in [-0.2, 0) is 9.53 Å². The standard InChI is InChI=1S/C10H20N2O2/c1-8-7-11-5-6-12(8)9(13)10(2,3)14-4/h8,11H,5-7H2,1-4H3/t8-/m0/s1. The number of nitrogens with zero attached hydrogens (tertiary/aromatic N) is 1. The molecule has 0 bridgehead atoms. The van der Waals surface area contributed by atoms with Crippen molar-refractivity contribution in [1.82, 2.24) is 10.2 Å². The van der Waals surface area contributed by atoms with E-state index < -0.39 is 5.60 Å². The summed E-state index contributed by atoms with van der Waals surface area (Å²) in [4.78, 5) is 13.9. The molecule has 1 rings (SSSR count). The van der Waals surface area contributed by atoms with E-state index in [1.165, 1.54) is 0 Å². The van der Waals surface area contributed by atoms with Crippen LogP contribution in [0.3, 0.4) is 0 Å². The predicted molar refractivity (Wildman–Crippen MR) is 55.1 cm³/mol. The molecule has 0 aromatic heterocycles. The van der Waals surface area contributed by atoms with E-state index in [0.717, 1.165) is 19.6 Å². The third kappa shape index (κ3) is 2.25. The van der Waals surface area contributed by atoms with Gasteiger partial charge >= 0.3 is 0 Å². The number of ether oxygens (including phenoxy) is 1. The molecular weight excluding hydrogens is 180 g/mol. The van der Waals surface area contributed by atoms with Crippen LogP contribution >= 0.6 is 0 Å². The molecule has 0 radical (unpaired) electrons. The lowest BCUT2D eigenvalue weighted by Crippen LogP contribution is -2.57. The number of amides is 1. The summed E-state index contributed by atoms with van der Waals surface area (Å²) in [6, 6.07) is 0.255. The van der Waals surface area contributed by atoms with Crippen molar-refractivity contribution in [2.45, 2.75) is 32.4 Å². The molecule has 0 aromatic rings. The summed E-state index contributed by atoms with van der Waals surface area (Å²) >= 11 is 0. The highest BCUT2D eigenvalue weighted by Gasteiger charge is 2.34. The second kappa shape index (κ2) is 4.28. The van der Waals surface area contributed by atoms with Gasteiger partial charge in [0.2, 0.25) is 0 Å². The number of piperazine rings is 1. The molecule has 4 nitrogen and oxygen atoms in total. The van der Waals surface area contributed by atoms with Gasteiger partial charge in [-0.05, 0) is 20.8 Å². The van der Waals surface area contributed by atoms with E-state index >= 15 is 0 Å². The summed E-state index contributed by atoms with van der Waals surface area (Å²) in [5.74, 6) is 0.0778. The molecule has 14 heavy (non-hydrogen) atoms. The SMILES string of the molecule is COC(C)(C)C(=O)N1CCNC[C@@H]1C. The summed E-state index contributed by atoms with van der Waals surface area (Å²) in [5.41, 5.74) is -0.703. The summed E-state index contributed by atoms with van der Waals surface area (Å²) in [5, 5.41) is 3.25. The normalized spacial score (nSPS) is 23.7. The Bertz CT molecular complexity index is 216. The third-order valence-electron chi connectivity index (χ3n) is 2.79. The van der Waals surface area contributed by atoms with Crippen molar-refractivity contribution in [2.24, 2.45) is 0 Å². The van der Waals surface area contributed by atoms with E-state index in [2.05, 4.69) is 12.2 Å². The molecule has 1 aliphatic heterocycles. The molecule has 0 aliphatic carbocycles. The smallest absolute Gasteiger partial charge is 0.254 e. The summed E-state index contributed by atoms with van der Waals surface area (Å²) in [7, 11) is 1.57. The maximum atomic E-state index is 12.0. The van der Waals surface area contributed by atoms with Crippen LogP contribution in [0, 0.1) is 0 Å². The van der Waals surface area contributed by atoms with Gasteiger partial charge in [0.05, 0.1) is 0 Å². The molecule has 1 heterocycles. The summed E-state index contributed by atoms with van der Waals surface area (Å²) in [6.45, 7) is 8.18. The van der Waals surface area contributed by atoms with Gasteiger partial charge in [-0.2, -0.15) is 0 Å². The van der Waals surface area contributed by atoms with Gasteiger partial charge in [0, 0.05) is 32.8 Å². The van der Waals surface area contributed by atoms with Crippen molar-refractivity contribution in [3.63, 3.8) is 0 Å². The van der Waals surface area contributed by atoms with Crippen molar-refractivity contribution in [3.05, 3.63) is 0 Å². The van der Waals surface area contributed by atoms with Crippen LogP contribution in [0.1, 0.15) is 20.8 Å². The van der Waals surface area contributed by atoms with Gasteiger partial charge in [-0.3, -0.25) is 4.79 Å². The van der Waals surface area contributed by atoms with E-state index in [9.17, 15) is 4.79 Å². The molecule has 0 spiro atoms. The first-order valence-electron chi connectivity index (χ1n) is 5.06. The van der Waals surface area contributed by atoms with Gasteiger partial charge in [-0.25, -0.2) is 0 Å². The van der Waals surface area contributed by atoms with Crippen molar-refractivity contribution < 1.29 is 9.53 Å². The minimum absolute atomic E-state index is 0.0778. The minimum atomic E-state index is -0.703. The Morgan fingerprint density at radius 3 is 2.71 bits per heavy atom. The highest BCUT2D eigenvalue weighted by Crippen LogP contribution is 2.15. The van der Waals surface area contributed by atoms with Crippen molar-refractivity contribution >= 4 is 5.91 Å². The topological polar surface area (TPSA) is 41.6 Å². The van der Waals surface area contributed by atoms with Crippen LogP contribution in [-0.4, -0.2) is 49.2 Å². The second-order valence-corrected chi connectivity index (χ2v) is 4.27. The average Bonchev–Trinajstić information content (AvgIpc) is 2.17. The summed E-state index contributed by atoms with van der Waals surface area (Å²) < 4.78 is 5.19. The highest BCUT2D eigenvalue weighted by molar-refractivity contribution is 5.84. The van der Waals surface area contributed by atoms with Gasteiger partial charge in [0.1, 0.15) is 5.60 Å². The van der Waals surface area contributed by atoms with E-state index in [4.69, 9.17) is 4.74 Å². The lowest BCUT2D eigenvalue weighted by Gasteiger charge is -2.38.